The first-order valence-electron chi connectivity index (χ1n) is 3.70. The topological polar surface area (TPSA) is 3.24 Å². The third-order valence-electron chi connectivity index (χ3n) is 1.61. The van der Waals surface area contributed by atoms with Gasteiger partial charge in [-0.25, -0.2) is 4.39 Å². The van der Waals surface area contributed by atoms with E-state index in [1.807, 2.05) is 16.6 Å². The molecule has 12 heavy (non-hydrogen) atoms. The largest absolute Gasteiger partial charge is 0.292 e. The van der Waals surface area contributed by atoms with Gasteiger partial charge in [0, 0.05) is 12.0 Å². The smallest absolute Gasteiger partial charge is 0.125 e. The molecule has 1 aliphatic rings. The zero-order chi connectivity index (χ0) is 8.39. The van der Waals surface area contributed by atoms with Gasteiger partial charge in [0.2, 0.25) is 0 Å². The van der Waals surface area contributed by atoms with Crippen LogP contribution in [0.15, 0.2) is 36.5 Å². The van der Waals surface area contributed by atoms with E-state index < -0.39 is 0 Å². The van der Waals surface area contributed by atoms with E-state index in [-0.39, 0.29) is 5.82 Å². The number of rotatable bonds is 1. The van der Waals surface area contributed by atoms with Crippen molar-refractivity contribution in [3.63, 3.8) is 0 Å². The first kappa shape index (κ1) is 7.68. The molecule has 0 spiro atoms. The van der Waals surface area contributed by atoms with Crippen molar-refractivity contribution >= 4 is 17.6 Å². The van der Waals surface area contributed by atoms with Crippen LogP contribution in [-0.2, 0) is 0 Å². The maximum Gasteiger partial charge on any atom is 0.125 e. The third-order valence-corrected chi connectivity index (χ3v) is 2.57. The fourth-order valence-corrected chi connectivity index (χ4v) is 1.85. The Morgan fingerprint density at radius 2 is 2.33 bits per heavy atom. The minimum atomic E-state index is -0.187. The van der Waals surface area contributed by atoms with Crippen LogP contribution in [-0.4, -0.2) is 5.75 Å². The maximum atomic E-state index is 12.8. The SMILES string of the molecule is Fc1cccc(N2C=CCS2)c1. The van der Waals surface area contributed by atoms with Gasteiger partial charge in [0.1, 0.15) is 5.82 Å². The van der Waals surface area contributed by atoms with Crippen LogP contribution < -0.4 is 4.31 Å². The normalized spacial score (nSPS) is 15.6. The Bertz CT molecular complexity index is 311. The lowest BCUT2D eigenvalue weighted by atomic mass is 10.3. The molecule has 62 valence electrons. The molecule has 0 amide bonds. The van der Waals surface area contributed by atoms with Gasteiger partial charge in [-0.1, -0.05) is 12.1 Å². The minimum absolute atomic E-state index is 0.187. The Hall–Kier alpha value is -0.960. The summed E-state index contributed by atoms with van der Waals surface area (Å²) in [7, 11) is 0. The van der Waals surface area contributed by atoms with E-state index in [0.29, 0.717) is 0 Å². The van der Waals surface area contributed by atoms with Crippen molar-refractivity contribution in [1.29, 1.82) is 0 Å². The summed E-state index contributed by atoms with van der Waals surface area (Å²) < 4.78 is 14.7. The fraction of sp³-hybridized carbons (Fsp3) is 0.111. The van der Waals surface area contributed by atoms with Gasteiger partial charge in [-0.15, -0.1) is 0 Å². The van der Waals surface area contributed by atoms with Gasteiger partial charge in [0.15, 0.2) is 0 Å². The molecule has 1 aromatic carbocycles. The summed E-state index contributed by atoms with van der Waals surface area (Å²) in [5.41, 5.74) is 0.897. The molecule has 0 aliphatic carbocycles. The van der Waals surface area contributed by atoms with Crippen LogP contribution >= 0.6 is 11.9 Å². The molecular formula is C9H8FNS. The number of benzene rings is 1. The highest BCUT2D eigenvalue weighted by atomic mass is 32.2. The molecule has 0 unspecified atom stereocenters. The Morgan fingerprint density at radius 1 is 1.42 bits per heavy atom. The highest BCUT2D eigenvalue weighted by Crippen LogP contribution is 2.27. The van der Waals surface area contributed by atoms with Gasteiger partial charge in [-0.3, -0.25) is 4.31 Å². The molecule has 3 heteroatoms. The van der Waals surface area contributed by atoms with Gasteiger partial charge in [-0.05, 0) is 30.1 Å². The number of halogens is 1. The van der Waals surface area contributed by atoms with E-state index in [4.69, 9.17) is 0 Å². The van der Waals surface area contributed by atoms with Crippen LogP contribution in [0.5, 0.6) is 0 Å². The van der Waals surface area contributed by atoms with Crippen molar-refractivity contribution in [2.75, 3.05) is 10.1 Å². The second-order valence-corrected chi connectivity index (χ2v) is 3.47. The zero-order valence-electron chi connectivity index (χ0n) is 6.40. The summed E-state index contributed by atoms with van der Waals surface area (Å²) in [4.78, 5) is 0. The molecule has 1 heterocycles. The van der Waals surface area contributed by atoms with Crippen LogP contribution in [0.2, 0.25) is 0 Å². The van der Waals surface area contributed by atoms with E-state index in [2.05, 4.69) is 6.08 Å². The summed E-state index contributed by atoms with van der Waals surface area (Å²) in [6.07, 6.45) is 4.01. The van der Waals surface area contributed by atoms with Crippen molar-refractivity contribution in [1.82, 2.24) is 0 Å². The lowest BCUT2D eigenvalue weighted by Gasteiger charge is -2.13. The van der Waals surface area contributed by atoms with E-state index in [9.17, 15) is 4.39 Å². The highest BCUT2D eigenvalue weighted by molar-refractivity contribution is 8.01. The number of hydrogen-bond acceptors (Lipinski definition) is 2. The standard InChI is InChI=1S/C9H8FNS/c10-8-3-1-4-9(7-8)11-5-2-6-12-11/h1-5,7H,6H2. The van der Waals surface area contributed by atoms with Gasteiger partial charge >= 0.3 is 0 Å². The van der Waals surface area contributed by atoms with Gasteiger partial charge in [0.05, 0.1) is 5.69 Å². The van der Waals surface area contributed by atoms with Crippen molar-refractivity contribution < 1.29 is 4.39 Å². The summed E-state index contributed by atoms with van der Waals surface area (Å²) in [5.74, 6) is 0.782. The van der Waals surface area contributed by atoms with E-state index in [1.54, 1.807) is 18.0 Å². The summed E-state index contributed by atoms with van der Waals surface area (Å²) in [6.45, 7) is 0. The quantitative estimate of drug-likeness (QED) is 0.613. The third kappa shape index (κ3) is 1.46. The molecule has 0 aromatic heterocycles. The van der Waals surface area contributed by atoms with Crippen molar-refractivity contribution in [3.8, 4) is 0 Å². The van der Waals surface area contributed by atoms with Gasteiger partial charge in [-0.2, -0.15) is 0 Å². The summed E-state index contributed by atoms with van der Waals surface area (Å²) in [5, 5.41) is 0. The first-order chi connectivity index (χ1) is 5.86. The van der Waals surface area contributed by atoms with E-state index in [1.165, 1.54) is 12.1 Å². The molecule has 0 saturated heterocycles. The Labute approximate surface area is 75.0 Å². The zero-order valence-corrected chi connectivity index (χ0v) is 7.22. The number of nitrogens with zero attached hydrogens (tertiary/aromatic N) is 1. The summed E-state index contributed by atoms with van der Waals surface area (Å²) in [6, 6.07) is 6.60. The molecule has 1 aliphatic heterocycles. The fourth-order valence-electron chi connectivity index (χ4n) is 1.08. The van der Waals surface area contributed by atoms with E-state index >= 15 is 0 Å². The lowest BCUT2D eigenvalue weighted by molar-refractivity contribution is 0.628. The minimum Gasteiger partial charge on any atom is -0.292 e. The highest BCUT2D eigenvalue weighted by Gasteiger charge is 2.07. The average Bonchev–Trinajstić information content (AvgIpc) is 2.56. The molecule has 0 fully saturated rings. The van der Waals surface area contributed by atoms with Crippen LogP contribution in [0.25, 0.3) is 0 Å². The molecule has 1 nitrogen and oxygen atoms in total. The molecule has 0 bridgehead atoms. The van der Waals surface area contributed by atoms with Crippen molar-refractivity contribution in [2.24, 2.45) is 0 Å². The summed E-state index contributed by atoms with van der Waals surface area (Å²) >= 11 is 1.66. The Morgan fingerprint density at radius 3 is 3.00 bits per heavy atom. The molecule has 0 atom stereocenters. The van der Waals surface area contributed by atoms with Gasteiger partial charge < -0.3 is 0 Å². The monoisotopic (exact) mass is 181 g/mol. The molecule has 0 saturated carbocycles. The van der Waals surface area contributed by atoms with Crippen LogP contribution in [0, 0.1) is 5.82 Å². The maximum absolute atomic E-state index is 12.8. The molecule has 2 rings (SSSR count). The second kappa shape index (κ2) is 3.19. The predicted molar refractivity (Wildman–Crippen MR) is 50.5 cm³/mol. The predicted octanol–water partition coefficient (Wildman–Crippen LogP) is 2.81. The Kier molecular flexibility index (Phi) is 2.04. The number of hydrogen-bond donors (Lipinski definition) is 0. The Balaban J connectivity index is 2.27. The molecule has 0 radical (unpaired) electrons. The van der Waals surface area contributed by atoms with Crippen LogP contribution in [0.1, 0.15) is 0 Å². The first-order valence-corrected chi connectivity index (χ1v) is 4.65. The molecule has 0 N–H and O–H groups in total. The van der Waals surface area contributed by atoms with Crippen molar-refractivity contribution in [2.45, 2.75) is 0 Å². The van der Waals surface area contributed by atoms with Crippen molar-refractivity contribution in [3.05, 3.63) is 42.4 Å². The molecule has 1 aromatic rings. The van der Waals surface area contributed by atoms with Crippen LogP contribution in [0.3, 0.4) is 0 Å². The van der Waals surface area contributed by atoms with Crippen LogP contribution in [0.4, 0.5) is 10.1 Å². The lowest BCUT2D eigenvalue weighted by Crippen LogP contribution is -2.00. The second-order valence-electron chi connectivity index (χ2n) is 2.49. The van der Waals surface area contributed by atoms with Gasteiger partial charge in [0.25, 0.3) is 0 Å². The average molecular weight is 181 g/mol. The number of anilines is 1. The molecular weight excluding hydrogens is 173 g/mol. The van der Waals surface area contributed by atoms with E-state index in [0.717, 1.165) is 11.4 Å².